The molecule has 0 unspecified atom stereocenters. The van der Waals surface area contributed by atoms with E-state index in [1.807, 2.05) is 49.4 Å². The summed E-state index contributed by atoms with van der Waals surface area (Å²) in [5.74, 6) is 0. The molecule has 0 aliphatic carbocycles. The zero-order chi connectivity index (χ0) is 18.0. The van der Waals surface area contributed by atoms with E-state index in [4.69, 9.17) is 9.31 Å². The summed E-state index contributed by atoms with van der Waals surface area (Å²) >= 11 is 0. The lowest BCUT2D eigenvalue weighted by Crippen LogP contribution is -2.44. The minimum atomic E-state index is -0.488. The zero-order valence-electron chi connectivity index (χ0n) is 15.3. The van der Waals surface area contributed by atoms with Gasteiger partial charge in [0.25, 0.3) is 5.56 Å². The lowest BCUT2D eigenvalue weighted by atomic mass is 9.74. The highest BCUT2D eigenvalue weighted by atomic mass is 16.6. The van der Waals surface area contributed by atoms with E-state index in [2.05, 4.69) is 25.8 Å². The summed E-state index contributed by atoms with van der Waals surface area (Å²) in [7, 11) is -0.488. The van der Waals surface area contributed by atoms with Crippen molar-refractivity contribution < 1.29 is 9.31 Å². The van der Waals surface area contributed by atoms with Crippen molar-refractivity contribution in [2.45, 2.75) is 39.7 Å². The van der Waals surface area contributed by atoms with Crippen LogP contribution in [0.15, 0.2) is 47.3 Å². The topological polar surface area (TPSA) is 51.3 Å². The molecule has 25 heavy (non-hydrogen) atoms. The van der Waals surface area contributed by atoms with Crippen molar-refractivity contribution in [3.8, 4) is 0 Å². The smallest absolute Gasteiger partial charge is 0.408 e. The number of pyridine rings is 1. The first kappa shape index (κ1) is 17.7. The van der Waals surface area contributed by atoms with Crippen LogP contribution in [0.2, 0.25) is 0 Å². The maximum absolute atomic E-state index is 12.4. The molecular formula is C20H24BNO3. The Hall–Kier alpha value is -2.11. The minimum Gasteiger partial charge on any atom is -0.408 e. The van der Waals surface area contributed by atoms with E-state index in [1.54, 1.807) is 0 Å². The average molecular weight is 337 g/mol. The summed E-state index contributed by atoms with van der Waals surface area (Å²) in [6, 6.07) is 13.5. The van der Waals surface area contributed by atoms with Gasteiger partial charge in [-0.3, -0.25) is 4.79 Å². The molecule has 0 saturated carbocycles. The Balaban J connectivity index is 2.27. The number of H-pyrrole nitrogens is 1. The number of nitrogens with one attached hydrogen (secondary N) is 1. The van der Waals surface area contributed by atoms with Gasteiger partial charge in [0, 0.05) is 28.5 Å². The molecule has 0 spiro atoms. The SMILES string of the molecule is CCOB(OC(C)(C)CC)c1cccc2[nH]c(=O)c3ccccc3c12. The van der Waals surface area contributed by atoms with Crippen molar-refractivity contribution in [1.82, 2.24) is 4.98 Å². The van der Waals surface area contributed by atoms with Crippen molar-refractivity contribution in [2.75, 3.05) is 6.61 Å². The summed E-state index contributed by atoms with van der Waals surface area (Å²) in [6.45, 7) is 8.72. The first-order chi connectivity index (χ1) is 12.0. The summed E-state index contributed by atoms with van der Waals surface area (Å²) in [4.78, 5) is 15.3. The zero-order valence-corrected chi connectivity index (χ0v) is 15.3. The van der Waals surface area contributed by atoms with E-state index in [9.17, 15) is 4.79 Å². The van der Waals surface area contributed by atoms with Crippen LogP contribution in [0.4, 0.5) is 0 Å². The molecule has 1 heterocycles. The Labute approximate surface area is 148 Å². The van der Waals surface area contributed by atoms with Crippen LogP contribution < -0.4 is 11.0 Å². The molecular weight excluding hydrogens is 313 g/mol. The Bertz CT molecular complexity index is 948. The van der Waals surface area contributed by atoms with Gasteiger partial charge in [-0.25, -0.2) is 0 Å². The molecule has 0 saturated heterocycles. The van der Waals surface area contributed by atoms with Gasteiger partial charge in [0.2, 0.25) is 0 Å². The number of fused-ring (bicyclic) bond motifs is 3. The molecule has 0 atom stereocenters. The van der Waals surface area contributed by atoms with Gasteiger partial charge in [0.15, 0.2) is 0 Å². The molecule has 0 amide bonds. The number of benzene rings is 2. The normalized spacial score (nSPS) is 12.0. The molecule has 0 fully saturated rings. The maximum atomic E-state index is 12.4. The van der Waals surface area contributed by atoms with E-state index in [-0.39, 0.29) is 11.2 Å². The Morgan fingerprint density at radius 3 is 2.44 bits per heavy atom. The van der Waals surface area contributed by atoms with Crippen LogP contribution in [-0.4, -0.2) is 24.3 Å². The molecule has 2 aromatic carbocycles. The van der Waals surface area contributed by atoms with Gasteiger partial charge in [0.1, 0.15) is 0 Å². The van der Waals surface area contributed by atoms with Crippen LogP contribution in [0.25, 0.3) is 21.7 Å². The second-order valence-corrected chi connectivity index (χ2v) is 6.79. The molecule has 0 radical (unpaired) electrons. The van der Waals surface area contributed by atoms with Crippen molar-refractivity contribution in [1.29, 1.82) is 0 Å². The Morgan fingerprint density at radius 2 is 1.76 bits per heavy atom. The van der Waals surface area contributed by atoms with Crippen LogP contribution >= 0.6 is 0 Å². The van der Waals surface area contributed by atoms with Crippen molar-refractivity contribution in [3.05, 3.63) is 52.8 Å². The molecule has 3 rings (SSSR count). The third-order valence-electron chi connectivity index (χ3n) is 4.64. The van der Waals surface area contributed by atoms with Gasteiger partial charge in [-0.2, -0.15) is 0 Å². The summed E-state index contributed by atoms with van der Waals surface area (Å²) in [5, 5.41) is 2.56. The van der Waals surface area contributed by atoms with Gasteiger partial charge < -0.3 is 14.3 Å². The fourth-order valence-electron chi connectivity index (χ4n) is 2.97. The minimum absolute atomic E-state index is 0.0805. The quantitative estimate of drug-likeness (QED) is 0.552. The van der Waals surface area contributed by atoms with Gasteiger partial charge in [0.05, 0.1) is 0 Å². The first-order valence-electron chi connectivity index (χ1n) is 8.80. The van der Waals surface area contributed by atoms with E-state index in [0.717, 1.165) is 28.2 Å². The molecule has 0 aliphatic rings. The van der Waals surface area contributed by atoms with Crippen LogP contribution in [0.3, 0.4) is 0 Å². The highest BCUT2D eigenvalue weighted by Gasteiger charge is 2.31. The van der Waals surface area contributed by atoms with E-state index < -0.39 is 7.12 Å². The highest BCUT2D eigenvalue weighted by Crippen LogP contribution is 2.22. The van der Waals surface area contributed by atoms with Gasteiger partial charge in [-0.05, 0) is 50.2 Å². The maximum Gasteiger partial charge on any atom is 0.494 e. The molecule has 3 aromatic rings. The van der Waals surface area contributed by atoms with E-state index in [0.29, 0.717) is 12.0 Å². The molecule has 130 valence electrons. The summed E-state index contributed by atoms with van der Waals surface area (Å²) in [6.07, 6.45) is 0.874. The van der Waals surface area contributed by atoms with Crippen molar-refractivity contribution >= 4 is 34.3 Å². The summed E-state index contributed by atoms with van der Waals surface area (Å²) < 4.78 is 12.2. The fraction of sp³-hybridized carbons (Fsp3) is 0.350. The highest BCUT2D eigenvalue weighted by molar-refractivity contribution is 6.65. The van der Waals surface area contributed by atoms with Gasteiger partial charge in [-0.15, -0.1) is 0 Å². The lowest BCUT2D eigenvalue weighted by molar-refractivity contribution is 0.0707. The third-order valence-corrected chi connectivity index (χ3v) is 4.64. The molecule has 5 heteroatoms. The second-order valence-electron chi connectivity index (χ2n) is 6.79. The number of hydrogen-bond acceptors (Lipinski definition) is 3. The number of hydrogen-bond donors (Lipinski definition) is 1. The molecule has 0 bridgehead atoms. The lowest BCUT2D eigenvalue weighted by Gasteiger charge is -2.28. The third kappa shape index (κ3) is 3.48. The van der Waals surface area contributed by atoms with Gasteiger partial charge in [-0.1, -0.05) is 37.3 Å². The molecule has 0 aliphatic heterocycles. The summed E-state index contributed by atoms with van der Waals surface area (Å²) in [5.41, 5.74) is 1.35. The van der Waals surface area contributed by atoms with E-state index >= 15 is 0 Å². The second kappa shape index (κ2) is 7.02. The molecule has 1 aromatic heterocycles. The Kier molecular flexibility index (Phi) is 4.97. The van der Waals surface area contributed by atoms with Crippen molar-refractivity contribution in [2.24, 2.45) is 0 Å². The van der Waals surface area contributed by atoms with Crippen LogP contribution in [0, 0.1) is 0 Å². The number of aromatic nitrogens is 1. The predicted molar refractivity (Wildman–Crippen MR) is 105 cm³/mol. The number of rotatable bonds is 6. The standard InChI is InChI=1S/C20H24BNO3/c1-5-20(3,4)25-21(24-6-2)16-12-9-13-17-18(16)14-10-7-8-11-15(14)19(23)22-17/h7-13H,5-6H2,1-4H3,(H,22,23). The Morgan fingerprint density at radius 1 is 1.04 bits per heavy atom. The molecule has 1 N–H and O–H groups in total. The first-order valence-corrected chi connectivity index (χ1v) is 8.80. The van der Waals surface area contributed by atoms with Gasteiger partial charge >= 0.3 is 7.12 Å². The largest absolute Gasteiger partial charge is 0.494 e. The van der Waals surface area contributed by atoms with E-state index in [1.165, 1.54) is 0 Å². The number of aromatic amines is 1. The van der Waals surface area contributed by atoms with Crippen LogP contribution in [-0.2, 0) is 9.31 Å². The van der Waals surface area contributed by atoms with Crippen LogP contribution in [0.1, 0.15) is 34.1 Å². The van der Waals surface area contributed by atoms with Crippen molar-refractivity contribution in [3.63, 3.8) is 0 Å². The predicted octanol–water partition coefficient (Wildman–Crippen LogP) is 3.62. The monoisotopic (exact) mass is 337 g/mol. The van der Waals surface area contributed by atoms with Crippen LogP contribution in [0.5, 0.6) is 0 Å². The fourth-order valence-corrected chi connectivity index (χ4v) is 2.97. The average Bonchev–Trinajstić information content (AvgIpc) is 2.61. The molecule has 4 nitrogen and oxygen atoms in total.